The summed E-state index contributed by atoms with van der Waals surface area (Å²) in [6.07, 6.45) is 0.993. The summed E-state index contributed by atoms with van der Waals surface area (Å²) in [5.74, 6) is 1.81. The maximum absolute atomic E-state index is 12.8. The fraction of sp³-hybridized carbons (Fsp3) is 0.409. The van der Waals surface area contributed by atoms with Crippen molar-refractivity contribution >= 4 is 21.8 Å². The number of carbonyl (C=O) groups excluding carboxylic acids is 1. The highest BCUT2D eigenvalue weighted by atomic mass is 79.9. The predicted molar refractivity (Wildman–Crippen MR) is 110 cm³/mol. The van der Waals surface area contributed by atoms with E-state index in [2.05, 4.69) is 62.1 Å². The van der Waals surface area contributed by atoms with Crippen LogP contribution in [0.3, 0.4) is 0 Å². The van der Waals surface area contributed by atoms with E-state index in [1.165, 1.54) is 11.1 Å². The average Bonchev–Trinajstić information content (AvgIpc) is 3.50. The quantitative estimate of drug-likeness (QED) is 0.723. The van der Waals surface area contributed by atoms with Gasteiger partial charge in [-0.1, -0.05) is 40.2 Å². The molecule has 1 aliphatic carbocycles. The van der Waals surface area contributed by atoms with Crippen molar-refractivity contribution in [2.75, 3.05) is 33.3 Å². The van der Waals surface area contributed by atoms with E-state index >= 15 is 0 Å². The topological polar surface area (TPSA) is 32.8 Å². The molecule has 0 N–H and O–H groups in total. The van der Waals surface area contributed by atoms with Gasteiger partial charge < -0.3 is 9.64 Å². The molecule has 5 heteroatoms. The van der Waals surface area contributed by atoms with Gasteiger partial charge in [0.15, 0.2) is 0 Å². The number of benzene rings is 2. The molecular formula is C22H25BrN2O2. The molecule has 2 atom stereocenters. The van der Waals surface area contributed by atoms with E-state index in [0.29, 0.717) is 11.8 Å². The molecule has 2 aromatic rings. The van der Waals surface area contributed by atoms with E-state index in [1.54, 1.807) is 7.11 Å². The lowest BCUT2D eigenvalue weighted by molar-refractivity contribution is -0.134. The van der Waals surface area contributed by atoms with Gasteiger partial charge in [-0.05, 0) is 47.7 Å². The van der Waals surface area contributed by atoms with Crippen LogP contribution in [-0.4, -0.2) is 49.0 Å². The Hall–Kier alpha value is -1.85. The Labute approximate surface area is 169 Å². The molecule has 4 nitrogen and oxygen atoms in total. The fourth-order valence-corrected chi connectivity index (χ4v) is 4.16. The van der Waals surface area contributed by atoms with Crippen LogP contribution in [0.15, 0.2) is 53.0 Å². The number of hydrogen-bond donors (Lipinski definition) is 0. The molecule has 0 radical (unpaired) electrons. The van der Waals surface area contributed by atoms with Gasteiger partial charge >= 0.3 is 0 Å². The van der Waals surface area contributed by atoms with Gasteiger partial charge in [0.05, 0.1) is 7.11 Å². The Morgan fingerprint density at radius 2 is 1.70 bits per heavy atom. The van der Waals surface area contributed by atoms with E-state index in [4.69, 9.17) is 4.74 Å². The van der Waals surface area contributed by atoms with Crippen LogP contribution in [-0.2, 0) is 11.3 Å². The largest absolute Gasteiger partial charge is 0.497 e. The molecule has 1 heterocycles. The van der Waals surface area contributed by atoms with Crippen LogP contribution in [0.4, 0.5) is 0 Å². The molecule has 2 fully saturated rings. The number of halogens is 1. The Balaban J connectivity index is 1.26. The smallest absolute Gasteiger partial charge is 0.226 e. The maximum atomic E-state index is 12.8. The highest BCUT2D eigenvalue weighted by molar-refractivity contribution is 9.10. The summed E-state index contributed by atoms with van der Waals surface area (Å²) in [5, 5.41) is 0. The van der Waals surface area contributed by atoms with Crippen molar-refractivity contribution in [3.63, 3.8) is 0 Å². The second-order valence-electron chi connectivity index (χ2n) is 7.45. The van der Waals surface area contributed by atoms with Crippen molar-refractivity contribution in [3.05, 3.63) is 64.1 Å². The third kappa shape index (κ3) is 4.36. The van der Waals surface area contributed by atoms with Crippen LogP contribution in [0, 0.1) is 5.92 Å². The van der Waals surface area contributed by atoms with Crippen molar-refractivity contribution in [2.45, 2.75) is 18.9 Å². The first-order chi connectivity index (χ1) is 13.1. The molecule has 2 aliphatic rings. The Morgan fingerprint density at radius 1 is 1.04 bits per heavy atom. The van der Waals surface area contributed by atoms with Crippen molar-refractivity contribution in [1.29, 1.82) is 0 Å². The van der Waals surface area contributed by atoms with Gasteiger partial charge in [0.1, 0.15) is 5.75 Å². The molecule has 2 aromatic carbocycles. The van der Waals surface area contributed by atoms with Crippen LogP contribution in [0.1, 0.15) is 23.5 Å². The third-order valence-corrected chi connectivity index (χ3v) is 6.18. The second-order valence-corrected chi connectivity index (χ2v) is 8.37. The van der Waals surface area contributed by atoms with Gasteiger partial charge in [-0.15, -0.1) is 0 Å². The summed E-state index contributed by atoms with van der Waals surface area (Å²) in [6.45, 7) is 4.47. The normalized spacial score (nSPS) is 22.5. The first-order valence-electron chi connectivity index (χ1n) is 9.53. The molecule has 27 heavy (non-hydrogen) atoms. The summed E-state index contributed by atoms with van der Waals surface area (Å²) in [7, 11) is 1.69. The minimum atomic E-state index is 0.180. The van der Waals surface area contributed by atoms with E-state index in [0.717, 1.165) is 49.4 Å². The van der Waals surface area contributed by atoms with Crippen LogP contribution < -0.4 is 4.74 Å². The Bertz CT molecular complexity index is 783. The SMILES string of the molecule is COc1ccc(CN2CCN(C(=O)C3CC3c3ccc(Br)cc3)CC2)cc1. The number of amides is 1. The third-order valence-electron chi connectivity index (χ3n) is 5.65. The van der Waals surface area contributed by atoms with Crippen LogP contribution >= 0.6 is 15.9 Å². The summed E-state index contributed by atoms with van der Waals surface area (Å²) in [4.78, 5) is 17.3. The van der Waals surface area contributed by atoms with Gasteiger partial charge in [0.25, 0.3) is 0 Å². The van der Waals surface area contributed by atoms with Crippen molar-refractivity contribution in [1.82, 2.24) is 9.80 Å². The lowest BCUT2D eigenvalue weighted by Gasteiger charge is -2.35. The van der Waals surface area contributed by atoms with Gasteiger partial charge in [0.2, 0.25) is 5.91 Å². The summed E-state index contributed by atoms with van der Waals surface area (Å²) in [5.41, 5.74) is 2.57. The molecular weight excluding hydrogens is 404 g/mol. The minimum Gasteiger partial charge on any atom is -0.497 e. The lowest BCUT2D eigenvalue weighted by atomic mass is 10.1. The monoisotopic (exact) mass is 428 g/mol. The van der Waals surface area contributed by atoms with Gasteiger partial charge in [-0.3, -0.25) is 9.69 Å². The number of methoxy groups -OCH3 is 1. The number of rotatable bonds is 5. The molecule has 142 valence electrons. The Morgan fingerprint density at radius 3 is 2.33 bits per heavy atom. The van der Waals surface area contributed by atoms with Crippen LogP contribution in [0.25, 0.3) is 0 Å². The number of ether oxygens (including phenoxy) is 1. The zero-order chi connectivity index (χ0) is 18.8. The molecule has 1 saturated heterocycles. The number of carbonyl (C=O) groups is 1. The molecule has 0 bridgehead atoms. The van der Waals surface area contributed by atoms with Gasteiger partial charge in [-0.25, -0.2) is 0 Å². The molecule has 0 aromatic heterocycles. The summed E-state index contributed by atoms with van der Waals surface area (Å²) >= 11 is 3.47. The molecule has 2 unspecified atom stereocenters. The van der Waals surface area contributed by atoms with E-state index < -0.39 is 0 Å². The van der Waals surface area contributed by atoms with Crippen molar-refractivity contribution < 1.29 is 9.53 Å². The summed E-state index contributed by atoms with van der Waals surface area (Å²) < 4.78 is 6.30. The highest BCUT2D eigenvalue weighted by Gasteiger charge is 2.46. The molecule has 4 rings (SSSR count). The molecule has 1 amide bonds. The van der Waals surface area contributed by atoms with Crippen molar-refractivity contribution in [3.8, 4) is 5.75 Å². The number of piperazine rings is 1. The average molecular weight is 429 g/mol. The number of hydrogen-bond acceptors (Lipinski definition) is 3. The number of nitrogens with zero attached hydrogens (tertiary/aromatic N) is 2. The highest BCUT2D eigenvalue weighted by Crippen LogP contribution is 2.48. The Kier molecular flexibility index (Phi) is 5.50. The zero-order valence-electron chi connectivity index (χ0n) is 15.6. The van der Waals surface area contributed by atoms with Gasteiger partial charge in [0, 0.05) is 43.1 Å². The lowest BCUT2D eigenvalue weighted by Crippen LogP contribution is -2.48. The zero-order valence-corrected chi connectivity index (χ0v) is 17.2. The first kappa shape index (κ1) is 18.5. The molecule has 1 aliphatic heterocycles. The van der Waals surface area contributed by atoms with Gasteiger partial charge in [-0.2, -0.15) is 0 Å². The van der Waals surface area contributed by atoms with E-state index in [1.807, 2.05) is 12.1 Å². The maximum Gasteiger partial charge on any atom is 0.226 e. The fourth-order valence-electron chi connectivity index (χ4n) is 3.90. The molecule has 1 saturated carbocycles. The van der Waals surface area contributed by atoms with E-state index in [9.17, 15) is 4.79 Å². The second kappa shape index (κ2) is 8.03. The first-order valence-corrected chi connectivity index (χ1v) is 10.3. The predicted octanol–water partition coefficient (Wildman–Crippen LogP) is 3.91. The molecule has 0 spiro atoms. The van der Waals surface area contributed by atoms with Crippen LogP contribution in [0.2, 0.25) is 0 Å². The van der Waals surface area contributed by atoms with Crippen molar-refractivity contribution in [2.24, 2.45) is 5.92 Å². The van der Waals surface area contributed by atoms with E-state index in [-0.39, 0.29) is 5.92 Å². The minimum absolute atomic E-state index is 0.180. The van der Waals surface area contributed by atoms with Crippen LogP contribution in [0.5, 0.6) is 5.75 Å². The summed E-state index contributed by atoms with van der Waals surface area (Å²) in [6, 6.07) is 16.6. The standard InChI is InChI=1S/C22H25BrN2O2/c1-27-19-8-2-16(3-9-19)15-24-10-12-25(13-11-24)22(26)21-14-20(21)17-4-6-18(23)7-5-17/h2-9,20-21H,10-15H2,1H3.